The Labute approximate surface area is 173 Å². The molecule has 29 heavy (non-hydrogen) atoms. The molecule has 0 saturated carbocycles. The van der Waals surface area contributed by atoms with Crippen molar-refractivity contribution in [3.8, 4) is 11.1 Å². The van der Waals surface area contributed by atoms with Gasteiger partial charge in [-0.05, 0) is 60.8 Å². The quantitative estimate of drug-likeness (QED) is 0.579. The maximum Gasteiger partial charge on any atom is 0.410 e. The highest BCUT2D eigenvalue weighted by Crippen LogP contribution is 2.45. The Morgan fingerprint density at radius 3 is 2.17 bits per heavy atom. The van der Waals surface area contributed by atoms with Crippen LogP contribution in [-0.2, 0) is 4.74 Å². The van der Waals surface area contributed by atoms with Crippen LogP contribution in [-0.4, -0.2) is 29.7 Å². The third-order valence-corrected chi connectivity index (χ3v) is 6.90. The molecule has 2 aromatic carbocycles. The van der Waals surface area contributed by atoms with Crippen LogP contribution in [0, 0.1) is 0 Å². The van der Waals surface area contributed by atoms with Crippen molar-refractivity contribution in [2.45, 2.75) is 63.5 Å². The van der Waals surface area contributed by atoms with Crippen LogP contribution in [0.4, 0.5) is 4.79 Å². The zero-order valence-electron chi connectivity index (χ0n) is 17.1. The van der Waals surface area contributed by atoms with Crippen molar-refractivity contribution < 1.29 is 9.53 Å². The summed E-state index contributed by atoms with van der Waals surface area (Å²) in [7, 11) is 0. The van der Waals surface area contributed by atoms with E-state index in [0.29, 0.717) is 18.7 Å². The number of rotatable bonds is 3. The predicted octanol–water partition coefficient (Wildman–Crippen LogP) is 6.29. The highest BCUT2D eigenvalue weighted by atomic mass is 16.6. The predicted molar refractivity (Wildman–Crippen MR) is 116 cm³/mol. The number of piperidine rings is 2. The fourth-order valence-electron chi connectivity index (χ4n) is 5.68. The molecule has 3 heteroatoms. The number of hydrogen-bond donors (Lipinski definition) is 0. The Hall–Kier alpha value is -2.55. The van der Waals surface area contributed by atoms with Crippen LogP contribution >= 0.6 is 0 Å². The van der Waals surface area contributed by atoms with E-state index < -0.39 is 0 Å². The van der Waals surface area contributed by atoms with Crippen molar-refractivity contribution in [1.82, 2.24) is 4.90 Å². The minimum atomic E-state index is -0.114. The first-order valence-corrected chi connectivity index (χ1v) is 11.1. The lowest BCUT2D eigenvalue weighted by molar-refractivity contribution is 0.0337. The van der Waals surface area contributed by atoms with E-state index in [0.717, 1.165) is 32.1 Å². The van der Waals surface area contributed by atoms with E-state index in [9.17, 15) is 4.79 Å². The molecular weight excluding hydrogens is 358 g/mol. The van der Waals surface area contributed by atoms with Crippen LogP contribution in [0.3, 0.4) is 0 Å². The van der Waals surface area contributed by atoms with Crippen LogP contribution < -0.4 is 0 Å². The van der Waals surface area contributed by atoms with Gasteiger partial charge >= 0.3 is 6.09 Å². The first-order valence-electron chi connectivity index (χ1n) is 11.1. The van der Waals surface area contributed by atoms with Crippen LogP contribution in [0.5, 0.6) is 0 Å². The molecule has 0 radical (unpaired) electrons. The van der Waals surface area contributed by atoms with Crippen LogP contribution in [0.15, 0.2) is 60.2 Å². The minimum Gasteiger partial charge on any atom is -0.448 e. The molecule has 3 aliphatic rings. The lowest BCUT2D eigenvalue weighted by Gasteiger charge is -2.46. The monoisotopic (exact) mass is 387 g/mol. The minimum absolute atomic E-state index is 0.114. The topological polar surface area (TPSA) is 29.5 Å². The molecule has 1 amide bonds. The summed E-state index contributed by atoms with van der Waals surface area (Å²) in [5, 5.41) is 0. The summed E-state index contributed by atoms with van der Waals surface area (Å²) in [6.07, 6.45) is 8.80. The molecule has 2 fully saturated rings. The van der Waals surface area contributed by atoms with Gasteiger partial charge in [-0.15, -0.1) is 0 Å². The largest absolute Gasteiger partial charge is 0.448 e. The molecule has 2 atom stereocenters. The molecule has 0 aromatic heterocycles. The Balaban J connectivity index is 1.33. The van der Waals surface area contributed by atoms with E-state index in [2.05, 4.69) is 66.4 Å². The number of carbonyl (C=O) groups is 1. The number of hydrogen-bond acceptors (Lipinski definition) is 2. The van der Waals surface area contributed by atoms with Crippen LogP contribution in [0.2, 0.25) is 0 Å². The van der Waals surface area contributed by atoms with Crippen molar-refractivity contribution in [2.75, 3.05) is 6.61 Å². The molecule has 2 unspecified atom stereocenters. The second kappa shape index (κ2) is 7.70. The SMILES string of the molecule is CCC=C1CC2CCCC(C1)N2C(=O)OCC1c2ccccc2-c2ccccc21. The van der Waals surface area contributed by atoms with E-state index in [-0.39, 0.29) is 12.0 Å². The standard InChI is InChI=1S/C26H29NO2/c1-2-8-18-15-19-9-7-10-20(16-18)27(19)26(28)29-17-25-23-13-5-3-11-21(23)22-12-4-6-14-24(22)25/h3-6,8,11-14,19-20,25H,2,7,9-10,15-17H2,1H3. The number of benzene rings is 2. The molecular formula is C26H29NO2. The molecule has 5 rings (SSSR count). The molecule has 2 saturated heterocycles. The summed E-state index contributed by atoms with van der Waals surface area (Å²) in [5.41, 5.74) is 6.62. The van der Waals surface area contributed by atoms with Crippen molar-refractivity contribution in [1.29, 1.82) is 0 Å². The maximum atomic E-state index is 13.1. The van der Waals surface area contributed by atoms with Gasteiger partial charge in [0.1, 0.15) is 6.61 Å². The van der Waals surface area contributed by atoms with Crippen LogP contribution in [0.25, 0.3) is 11.1 Å². The second-order valence-electron chi connectivity index (χ2n) is 8.63. The average molecular weight is 388 g/mol. The Bertz CT molecular complexity index is 886. The van der Waals surface area contributed by atoms with E-state index in [1.807, 2.05) is 0 Å². The molecule has 150 valence electrons. The zero-order valence-corrected chi connectivity index (χ0v) is 17.1. The first kappa shape index (κ1) is 18.5. The van der Waals surface area contributed by atoms with Gasteiger partial charge in [-0.3, -0.25) is 0 Å². The van der Waals surface area contributed by atoms with Crippen molar-refractivity contribution in [2.24, 2.45) is 0 Å². The van der Waals surface area contributed by atoms with Gasteiger partial charge in [0.15, 0.2) is 0 Å². The summed E-state index contributed by atoms with van der Waals surface area (Å²) in [6, 6.07) is 17.6. The van der Waals surface area contributed by atoms with E-state index in [1.165, 1.54) is 34.2 Å². The highest BCUT2D eigenvalue weighted by molar-refractivity contribution is 5.79. The third kappa shape index (κ3) is 3.27. The van der Waals surface area contributed by atoms with Gasteiger partial charge in [-0.25, -0.2) is 4.79 Å². The molecule has 2 aliphatic heterocycles. The number of ether oxygens (including phenoxy) is 1. The average Bonchev–Trinajstić information content (AvgIpc) is 3.05. The van der Waals surface area contributed by atoms with E-state index in [4.69, 9.17) is 4.74 Å². The highest BCUT2D eigenvalue weighted by Gasteiger charge is 2.40. The van der Waals surface area contributed by atoms with Crippen LogP contribution in [0.1, 0.15) is 62.5 Å². The normalized spacial score (nSPS) is 22.8. The Morgan fingerprint density at radius 1 is 1.00 bits per heavy atom. The lowest BCUT2D eigenvalue weighted by Crippen LogP contribution is -2.53. The first-order chi connectivity index (χ1) is 14.3. The number of allylic oxidation sites excluding steroid dienone is 1. The van der Waals surface area contributed by atoms with E-state index in [1.54, 1.807) is 0 Å². The summed E-state index contributed by atoms with van der Waals surface area (Å²) in [5.74, 6) is 0.131. The zero-order chi connectivity index (χ0) is 19.8. The number of nitrogens with zero attached hydrogens (tertiary/aromatic N) is 1. The van der Waals surface area contributed by atoms with Gasteiger partial charge in [-0.1, -0.05) is 67.1 Å². The Kier molecular flexibility index (Phi) is 4.91. The van der Waals surface area contributed by atoms with Crippen molar-refractivity contribution in [3.05, 3.63) is 71.3 Å². The molecule has 0 spiro atoms. The summed E-state index contributed by atoms with van der Waals surface area (Å²) < 4.78 is 5.98. The summed E-state index contributed by atoms with van der Waals surface area (Å²) in [6.45, 7) is 2.61. The fourth-order valence-corrected chi connectivity index (χ4v) is 5.68. The van der Waals surface area contributed by atoms with E-state index >= 15 is 0 Å². The molecule has 3 nitrogen and oxygen atoms in total. The van der Waals surface area contributed by atoms with Gasteiger partial charge in [0, 0.05) is 18.0 Å². The van der Waals surface area contributed by atoms with Gasteiger partial charge in [0.2, 0.25) is 0 Å². The maximum absolute atomic E-state index is 13.1. The van der Waals surface area contributed by atoms with Crippen molar-refractivity contribution in [3.63, 3.8) is 0 Å². The number of carbonyl (C=O) groups excluding carboxylic acids is 1. The fraction of sp³-hybridized carbons (Fsp3) is 0.423. The molecule has 1 aliphatic carbocycles. The molecule has 2 aromatic rings. The van der Waals surface area contributed by atoms with Gasteiger partial charge in [0.25, 0.3) is 0 Å². The smallest absolute Gasteiger partial charge is 0.410 e. The second-order valence-corrected chi connectivity index (χ2v) is 8.63. The lowest BCUT2D eigenvalue weighted by atomic mass is 9.81. The van der Waals surface area contributed by atoms with Crippen molar-refractivity contribution >= 4 is 6.09 Å². The third-order valence-electron chi connectivity index (χ3n) is 6.90. The number of amides is 1. The number of fused-ring (bicyclic) bond motifs is 5. The van der Waals surface area contributed by atoms with Gasteiger partial charge in [0.05, 0.1) is 0 Å². The Morgan fingerprint density at radius 2 is 1.59 bits per heavy atom. The summed E-state index contributed by atoms with van der Waals surface area (Å²) in [4.78, 5) is 15.2. The van der Waals surface area contributed by atoms with Gasteiger partial charge in [-0.2, -0.15) is 0 Å². The van der Waals surface area contributed by atoms with Gasteiger partial charge < -0.3 is 9.64 Å². The molecule has 2 bridgehead atoms. The molecule has 0 N–H and O–H groups in total. The summed E-state index contributed by atoms with van der Waals surface area (Å²) >= 11 is 0. The molecule has 2 heterocycles.